The van der Waals surface area contributed by atoms with Gasteiger partial charge in [-0.3, -0.25) is 4.79 Å². The number of nitrogens with one attached hydrogen (secondary N) is 1. The number of aromatic amines is 1. The van der Waals surface area contributed by atoms with E-state index >= 15 is 0 Å². The van der Waals surface area contributed by atoms with Gasteiger partial charge in [-0.05, 0) is 74.7 Å². The van der Waals surface area contributed by atoms with Crippen LogP contribution < -0.4 is 4.74 Å². The molecule has 2 heterocycles. The molecule has 0 spiro atoms. The SMILES string of the molecule is C[SiH](C)O[C@]1([C@@H]2OC(C)(C)OC2COc2ccc3c(c2)C(C)(C)c2[nH]c4cc(Br)ccc4c2C3=O)CC1(C)C. The van der Waals surface area contributed by atoms with Gasteiger partial charge in [0.2, 0.25) is 0 Å². The van der Waals surface area contributed by atoms with Crippen molar-refractivity contribution >= 4 is 41.7 Å². The van der Waals surface area contributed by atoms with Gasteiger partial charge >= 0.3 is 0 Å². The molecule has 0 radical (unpaired) electrons. The molecular formula is C31H38BrNO5Si. The minimum Gasteiger partial charge on any atom is -0.491 e. The largest absolute Gasteiger partial charge is 0.491 e. The minimum absolute atomic E-state index is 0.0278. The van der Waals surface area contributed by atoms with Gasteiger partial charge in [0.05, 0.1) is 11.2 Å². The molecule has 0 bridgehead atoms. The van der Waals surface area contributed by atoms with E-state index in [0.29, 0.717) is 12.4 Å². The second-order valence-corrected chi connectivity index (χ2v) is 16.5. The molecule has 208 valence electrons. The first-order valence-electron chi connectivity index (χ1n) is 13.8. The van der Waals surface area contributed by atoms with Gasteiger partial charge in [0, 0.05) is 32.0 Å². The lowest BCUT2D eigenvalue weighted by Crippen LogP contribution is -2.46. The highest BCUT2D eigenvalue weighted by molar-refractivity contribution is 9.10. The summed E-state index contributed by atoms with van der Waals surface area (Å²) in [7, 11) is -1.31. The van der Waals surface area contributed by atoms with Gasteiger partial charge in [-0.15, -0.1) is 0 Å². The fourth-order valence-corrected chi connectivity index (χ4v) is 8.53. The number of hydrogen-bond donors (Lipinski definition) is 1. The molecular weight excluding hydrogens is 574 g/mol. The number of benzene rings is 2. The van der Waals surface area contributed by atoms with Gasteiger partial charge < -0.3 is 23.6 Å². The van der Waals surface area contributed by atoms with Crippen LogP contribution >= 0.6 is 15.9 Å². The lowest BCUT2D eigenvalue weighted by molar-refractivity contribution is -0.159. The number of aromatic nitrogens is 1. The summed E-state index contributed by atoms with van der Waals surface area (Å²) in [6, 6.07) is 11.8. The Morgan fingerprint density at radius 2 is 1.77 bits per heavy atom. The summed E-state index contributed by atoms with van der Waals surface area (Å²) in [5, 5.41) is 0.952. The fraction of sp³-hybridized carbons (Fsp3) is 0.516. The summed E-state index contributed by atoms with van der Waals surface area (Å²) in [6.45, 7) is 17.5. The molecule has 1 saturated carbocycles. The number of ketones is 1. The molecule has 1 aromatic heterocycles. The highest BCUT2D eigenvalue weighted by atomic mass is 79.9. The molecule has 1 unspecified atom stereocenters. The molecule has 3 aromatic rings. The fourth-order valence-electron chi connectivity index (χ4n) is 6.79. The highest BCUT2D eigenvalue weighted by Crippen LogP contribution is 2.63. The Morgan fingerprint density at radius 3 is 2.44 bits per heavy atom. The third-order valence-electron chi connectivity index (χ3n) is 8.75. The molecule has 39 heavy (non-hydrogen) atoms. The van der Waals surface area contributed by atoms with Crippen LogP contribution in [0.15, 0.2) is 40.9 Å². The number of carbonyl (C=O) groups is 1. The number of ether oxygens (including phenoxy) is 3. The van der Waals surface area contributed by atoms with E-state index in [2.05, 4.69) is 61.7 Å². The molecule has 1 saturated heterocycles. The summed E-state index contributed by atoms with van der Waals surface area (Å²) in [4.78, 5) is 17.2. The van der Waals surface area contributed by atoms with Crippen molar-refractivity contribution in [2.24, 2.45) is 5.41 Å². The monoisotopic (exact) mass is 611 g/mol. The van der Waals surface area contributed by atoms with Crippen LogP contribution in [0.2, 0.25) is 13.1 Å². The average Bonchev–Trinajstić information content (AvgIpc) is 3.11. The van der Waals surface area contributed by atoms with Gasteiger partial charge in [0.15, 0.2) is 20.6 Å². The van der Waals surface area contributed by atoms with Crippen molar-refractivity contribution in [3.05, 3.63) is 63.3 Å². The van der Waals surface area contributed by atoms with Crippen molar-refractivity contribution in [3.63, 3.8) is 0 Å². The van der Waals surface area contributed by atoms with Gasteiger partial charge in [0.25, 0.3) is 0 Å². The van der Waals surface area contributed by atoms with Crippen LogP contribution in [-0.2, 0) is 19.3 Å². The third kappa shape index (κ3) is 4.25. The van der Waals surface area contributed by atoms with E-state index < -0.39 is 20.2 Å². The van der Waals surface area contributed by atoms with Crippen molar-refractivity contribution in [2.45, 2.75) is 90.1 Å². The Morgan fingerprint density at radius 1 is 1.05 bits per heavy atom. The van der Waals surface area contributed by atoms with Crippen molar-refractivity contribution in [1.82, 2.24) is 4.98 Å². The Hall–Kier alpha value is -1.97. The first-order chi connectivity index (χ1) is 18.2. The van der Waals surface area contributed by atoms with Gasteiger partial charge in [0.1, 0.15) is 24.6 Å². The van der Waals surface area contributed by atoms with Crippen LogP contribution in [-0.4, -0.2) is 50.0 Å². The summed E-state index contributed by atoms with van der Waals surface area (Å²) in [5.41, 5.74) is 3.60. The quantitative estimate of drug-likeness (QED) is 0.308. The minimum atomic E-state index is -1.31. The molecule has 2 aromatic carbocycles. The summed E-state index contributed by atoms with van der Waals surface area (Å²) >= 11 is 3.55. The van der Waals surface area contributed by atoms with Crippen molar-refractivity contribution in [1.29, 1.82) is 0 Å². The van der Waals surface area contributed by atoms with Gasteiger partial charge in [-0.1, -0.05) is 49.7 Å². The lowest BCUT2D eigenvalue weighted by Gasteiger charge is -2.33. The average molecular weight is 613 g/mol. The first-order valence-corrected chi connectivity index (χ1v) is 17.4. The Bertz CT molecular complexity index is 1490. The third-order valence-corrected chi connectivity index (χ3v) is 10.1. The maximum Gasteiger partial charge on any atom is 0.195 e. The molecule has 3 aliphatic rings. The number of hydrogen-bond acceptors (Lipinski definition) is 5. The Balaban J connectivity index is 1.29. The first kappa shape index (κ1) is 27.2. The number of fused-ring (bicyclic) bond motifs is 4. The van der Waals surface area contributed by atoms with E-state index in [4.69, 9.17) is 18.6 Å². The van der Waals surface area contributed by atoms with Crippen LogP contribution in [0.1, 0.15) is 75.1 Å². The zero-order valence-electron chi connectivity index (χ0n) is 24.0. The molecule has 6 nitrogen and oxygen atoms in total. The summed E-state index contributed by atoms with van der Waals surface area (Å²) in [5.74, 6) is 0.0475. The van der Waals surface area contributed by atoms with Crippen molar-refractivity contribution < 1.29 is 23.4 Å². The smallest absolute Gasteiger partial charge is 0.195 e. The summed E-state index contributed by atoms with van der Waals surface area (Å²) < 4.78 is 26.8. The van der Waals surface area contributed by atoms with E-state index in [9.17, 15) is 4.79 Å². The molecule has 1 aliphatic heterocycles. The predicted octanol–water partition coefficient (Wildman–Crippen LogP) is 6.87. The second-order valence-electron chi connectivity index (χ2n) is 13.2. The maximum absolute atomic E-state index is 13.7. The predicted molar refractivity (Wildman–Crippen MR) is 158 cm³/mol. The highest BCUT2D eigenvalue weighted by Gasteiger charge is 2.71. The lowest BCUT2D eigenvalue weighted by atomic mass is 9.71. The zero-order valence-corrected chi connectivity index (χ0v) is 26.8. The number of halogens is 1. The van der Waals surface area contributed by atoms with E-state index in [-0.39, 0.29) is 29.0 Å². The van der Waals surface area contributed by atoms with Crippen LogP contribution in [0.25, 0.3) is 10.9 Å². The molecule has 6 rings (SSSR count). The Kier molecular flexibility index (Phi) is 6.11. The van der Waals surface area contributed by atoms with E-state index in [1.54, 1.807) is 0 Å². The zero-order chi connectivity index (χ0) is 28.1. The normalized spacial score (nSPS) is 28.0. The topological polar surface area (TPSA) is 69.8 Å². The maximum atomic E-state index is 13.7. The van der Waals surface area contributed by atoms with E-state index in [1.807, 2.05) is 50.2 Å². The molecule has 8 heteroatoms. The molecule has 0 amide bonds. The standard InChI is InChI=1S/C31H38BrNO5Si/c1-28(2)16-31(28,38-39(7)8)27-23(36-30(5,6)37-27)15-35-18-10-12-19-21(14-18)29(3,4)26-24(25(19)34)20-11-9-17(32)13-22(20)33-26/h9-14,23,27,33,39H,15-16H2,1-8H3/t23?,27-,31+/m1/s1. The van der Waals surface area contributed by atoms with Gasteiger partial charge in [-0.25, -0.2) is 0 Å². The molecule has 2 fully saturated rings. The van der Waals surface area contributed by atoms with Crippen molar-refractivity contribution in [3.8, 4) is 5.75 Å². The number of H-pyrrole nitrogens is 1. The number of rotatable bonds is 6. The molecule has 2 aliphatic carbocycles. The molecule has 3 atom stereocenters. The van der Waals surface area contributed by atoms with Crippen LogP contribution in [0.3, 0.4) is 0 Å². The Labute approximate surface area is 240 Å². The van der Waals surface area contributed by atoms with Crippen molar-refractivity contribution in [2.75, 3.05) is 6.61 Å². The van der Waals surface area contributed by atoms with Gasteiger partial charge in [-0.2, -0.15) is 0 Å². The van der Waals surface area contributed by atoms with E-state index in [1.165, 1.54) is 0 Å². The number of carbonyl (C=O) groups excluding carboxylic acids is 1. The summed E-state index contributed by atoms with van der Waals surface area (Å²) in [6.07, 6.45) is 0.477. The van der Waals surface area contributed by atoms with Crippen LogP contribution in [0.4, 0.5) is 0 Å². The van der Waals surface area contributed by atoms with Crippen LogP contribution in [0.5, 0.6) is 5.75 Å². The second kappa shape index (κ2) is 8.76. The van der Waals surface area contributed by atoms with Crippen LogP contribution in [0, 0.1) is 5.41 Å². The molecule has 1 N–H and O–H groups in total. The van der Waals surface area contributed by atoms with E-state index in [0.717, 1.165) is 44.2 Å².